The van der Waals surface area contributed by atoms with Crippen molar-refractivity contribution in [1.29, 1.82) is 0 Å². The lowest BCUT2D eigenvalue weighted by Crippen LogP contribution is -2.43. The van der Waals surface area contributed by atoms with Crippen LogP contribution in [-0.2, 0) is 26.0 Å². The number of primary sulfonamides is 1. The Balaban J connectivity index is 1.62. The third-order valence-corrected chi connectivity index (χ3v) is 5.76. The molecule has 0 aliphatic carbocycles. The Kier molecular flexibility index (Phi) is 5.31. The Hall–Kier alpha value is -1.97. The number of rotatable bonds is 5. The minimum Gasteiger partial charge on any atom is -0.342 e. The molecular weight excluding hydrogens is 356 g/mol. The summed E-state index contributed by atoms with van der Waals surface area (Å²) in [6.07, 6.45) is 2.67. The zero-order valence-electron chi connectivity index (χ0n) is 14.8. The largest absolute Gasteiger partial charge is 0.342 e. The summed E-state index contributed by atoms with van der Waals surface area (Å²) >= 11 is 0. The van der Waals surface area contributed by atoms with Crippen molar-refractivity contribution in [3.05, 3.63) is 23.8 Å². The Morgan fingerprint density at radius 3 is 2.42 bits per heavy atom. The van der Waals surface area contributed by atoms with Crippen LogP contribution < -0.4 is 10.0 Å². The highest BCUT2D eigenvalue weighted by molar-refractivity contribution is 7.89. The molecule has 0 atom stereocenters. The molecule has 2 aliphatic heterocycles. The molecule has 2 N–H and O–H groups in total. The van der Waals surface area contributed by atoms with Crippen LogP contribution in [0.3, 0.4) is 0 Å². The fourth-order valence-electron chi connectivity index (χ4n) is 3.48. The number of carbonyl (C=O) groups is 2. The summed E-state index contributed by atoms with van der Waals surface area (Å²) in [5.41, 5.74) is 1.50. The number of amides is 2. The summed E-state index contributed by atoms with van der Waals surface area (Å²) in [7, 11) is -2.00. The van der Waals surface area contributed by atoms with Gasteiger partial charge in [0, 0.05) is 25.3 Å². The van der Waals surface area contributed by atoms with Crippen LogP contribution >= 0.6 is 0 Å². The third-order valence-electron chi connectivity index (χ3n) is 4.85. The number of nitrogens with two attached hydrogens (primary N) is 1. The second-order valence-electron chi connectivity index (χ2n) is 6.89. The van der Waals surface area contributed by atoms with Gasteiger partial charge in [-0.25, -0.2) is 13.6 Å². The molecule has 2 heterocycles. The van der Waals surface area contributed by atoms with E-state index < -0.39 is 10.0 Å². The van der Waals surface area contributed by atoms with Gasteiger partial charge in [0.2, 0.25) is 21.8 Å². The zero-order valence-corrected chi connectivity index (χ0v) is 15.7. The number of likely N-dealkylation sites (tertiary alicyclic amines) is 1. The third kappa shape index (κ3) is 4.05. The lowest BCUT2D eigenvalue weighted by atomic mass is 10.2. The smallest absolute Gasteiger partial charge is 0.241 e. The first-order valence-electron chi connectivity index (χ1n) is 8.68. The number of fused-ring (bicyclic) bond motifs is 1. The van der Waals surface area contributed by atoms with Crippen LogP contribution in [0.25, 0.3) is 0 Å². The molecule has 0 bridgehead atoms. The summed E-state index contributed by atoms with van der Waals surface area (Å²) in [5.74, 6) is -0.0544. The number of hydrogen-bond acceptors (Lipinski definition) is 5. The number of carbonyl (C=O) groups excluding carboxylic acids is 2. The predicted octanol–water partition coefficient (Wildman–Crippen LogP) is -0.223. The van der Waals surface area contributed by atoms with Crippen molar-refractivity contribution in [1.82, 2.24) is 9.80 Å². The molecule has 9 heteroatoms. The molecule has 142 valence electrons. The van der Waals surface area contributed by atoms with Crippen molar-refractivity contribution in [3.8, 4) is 0 Å². The normalized spacial score (nSPS) is 17.0. The maximum atomic E-state index is 12.6. The van der Waals surface area contributed by atoms with Gasteiger partial charge in [0.05, 0.1) is 18.0 Å². The lowest BCUT2D eigenvalue weighted by molar-refractivity contribution is -0.131. The summed E-state index contributed by atoms with van der Waals surface area (Å²) in [5, 5.41) is 5.16. The number of likely N-dealkylation sites (N-methyl/N-ethyl adjacent to an activating group) is 1. The van der Waals surface area contributed by atoms with E-state index in [0.29, 0.717) is 18.7 Å². The number of benzene rings is 1. The highest BCUT2D eigenvalue weighted by Gasteiger charge is 2.27. The molecular formula is C17H24N4O4S. The Morgan fingerprint density at radius 2 is 1.77 bits per heavy atom. The first kappa shape index (κ1) is 18.8. The molecule has 0 radical (unpaired) electrons. The zero-order chi connectivity index (χ0) is 18.9. The van der Waals surface area contributed by atoms with Crippen molar-refractivity contribution in [2.24, 2.45) is 5.14 Å². The van der Waals surface area contributed by atoms with E-state index in [2.05, 4.69) is 0 Å². The van der Waals surface area contributed by atoms with Gasteiger partial charge in [-0.1, -0.05) is 0 Å². The van der Waals surface area contributed by atoms with Gasteiger partial charge < -0.3 is 9.80 Å². The maximum absolute atomic E-state index is 12.6. The fourth-order valence-corrected chi connectivity index (χ4v) is 4.05. The molecule has 0 aromatic heterocycles. The highest BCUT2D eigenvalue weighted by atomic mass is 32.2. The first-order chi connectivity index (χ1) is 12.3. The fraction of sp³-hybridized carbons (Fsp3) is 0.529. The predicted molar refractivity (Wildman–Crippen MR) is 97.2 cm³/mol. The molecule has 1 fully saturated rings. The number of anilines is 1. The van der Waals surface area contributed by atoms with E-state index >= 15 is 0 Å². The van der Waals surface area contributed by atoms with E-state index in [4.69, 9.17) is 5.14 Å². The summed E-state index contributed by atoms with van der Waals surface area (Å²) in [6, 6.07) is 4.56. The monoisotopic (exact) mass is 380 g/mol. The molecule has 0 spiro atoms. The second-order valence-corrected chi connectivity index (χ2v) is 8.45. The van der Waals surface area contributed by atoms with E-state index in [1.807, 2.05) is 4.90 Å². The summed E-state index contributed by atoms with van der Waals surface area (Å²) in [6.45, 7) is 2.45. The van der Waals surface area contributed by atoms with Crippen LogP contribution in [0, 0.1) is 0 Å². The summed E-state index contributed by atoms with van der Waals surface area (Å²) in [4.78, 5) is 30.0. The number of nitrogens with zero attached hydrogens (tertiary/aromatic N) is 3. The first-order valence-corrected chi connectivity index (χ1v) is 10.2. The second kappa shape index (κ2) is 7.34. The van der Waals surface area contributed by atoms with Gasteiger partial charge in [-0.05, 0) is 50.1 Å². The molecule has 0 saturated carbocycles. The highest BCUT2D eigenvalue weighted by Crippen LogP contribution is 2.30. The van der Waals surface area contributed by atoms with Crippen molar-refractivity contribution < 1.29 is 18.0 Å². The number of hydrogen-bond donors (Lipinski definition) is 1. The Morgan fingerprint density at radius 1 is 1.12 bits per heavy atom. The van der Waals surface area contributed by atoms with Crippen molar-refractivity contribution in [2.75, 3.05) is 44.7 Å². The van der Waals surface area contributed by atoms with Crippen LogP contribution in [-0.4, -0.2) is 69.8 Å². The van der Waals surface area contributed by atoms with Gasteiger partial charge in [-0.15, -0.1) is 0 Å². The standard InChI is InChI=1S/C17H24N4O4S/c1-19(11-16(22)20-7-2-3-8-20)12-17(23)21-9-6-13-10-14(26(18,24)25)4-5-15(13)21/h4-5,10H,2-3,6-9,11-12H2,1H3,(H2,18,24,25). The van der Waals surface area contributed by atoms with Crippen LogP contribution in [0.5, 0.6) is 0 Å². The van der Waals surface area contributed by atoms with Crippen LogP contribution in [0.2, 0.25) is 0 Å². The minimum absolute atomic E-state index is 0.0532. The van der Waals surface area contributed by atoms with Gasteiger partial charge in [0.15, 0.2) is 0 Å². The average molecular weight is 380 g/mol. The van der Waals surface area contributed by atoms with Crippen LogP contribution in [0.15, 0.2) is 23.1 Å². The molecule has 0 unspecified atom stereocenters. The van der Waals surface area contributed by atoms with E-state index in [1.165, 1.54) is 12.1 Å². The molecule has 1 saturated heterocycles. The van der Waals surface area contributed by atoms with Gasteiger partial charge >= 0.3 is 0 Å². The number of sulfonamides is 1. The van der Waals surface area contributed by atoms with Gasteiger partial charge in [0.25, 0.3) is 0 Å². The van der Waals surface area contributed by atoms with E-state index in [1.54, 1.807) is 22.9 Å². The molecule has 8 nitrogen and oxygen atoms in total. The van der Waals surface area contributed by atoms with Gasteiger partial charge in [0.1, 0.15) is 0 Å². The molecule has 1 aromatic rings. The molecule has 3 rings (SSSR count). The lowest BCUT2D eigenvalue weighted by Gasteiger charge is -2.24. The Bertz CT molecular complexity index is 818. The van der Waals surface area contributed by atoms with Crippen LogP contribution in [0.4, 0.5) is 5.69 Å². The molecule has 26 heavy (non-hydrogen) atoms. The minimum atomic E-state index is -3.76. The Labute approximate surface area is 153 Å². The molecule has 2 amide bonds. The quantitative estimate of drug-likeness (QED) is 0.760. The SMILES string of the molecule is CN(CC(=O)N1CCCC1)CC(=O)N1CCc2cc(S(N)(=O)=O)ccc21. The van der Waals surface area contributed by atoms with Crippen LogP contribution in [0.1, 0.15) is 18.4 Å². The van der Waals surface area contributed by atoms with Crippen molar-refractivity contribution in [3.63, 3.8) is 0 Å². The molecule has 1 aromatic carbocycles. The maximum Gasteiger partial charge on any atom is 0.241 e. The van der Waals surface area contributed by atoms with Crippen molar-refractivity contribution >= 4 is 27.5 Å². The van der Waals surface area contributed by atoms with Gasteiger partial charge in [-0.3, -0.25) is 14.5 Å². The van der Waals surface area contributed by atoms with Gasteiger partial charge in [-0.2, -0.15) is 0 Å². The van der Waals surface area contributed by atoms with E-state index in [9.17, 15) is 18.0 Å². The average Bonchev–Trinajstić information content (AvgIpc) is 3.23. The van der Waals surface area contributed by atoms with E-state index in [-0.39, 0.29) is 29.8 Å². The van der Waals surface area contributed by atoms with E-state index in [0.717, 1.165) is 31.5 Å². The topological polar surface area (TPSA) is 104 Å². The molecule has 2 aliphatic rings. The van der Waals surface area contributed by atoms with Crippen molar-refractivity contribution in [2.45, 2.75) is 24.2 Å². The summed E-state index contributed by atoms with van der Waals surface area (Å²) < 4.78 is 22.9.